The van der Waals surface area contributed by atoms with Crippen molar-refractivity contribution in [1.29, 1.82) is 0 Å². The molecule has 0 spiro atoms. The number of benzene rings is 2. The Morgan fingerprint density at radius 2 is 1.70 bits per heavy atom. The maximum atomic E-state index is 12.4. The van der Waals surface area contributed by atoms with Crippen LogP contribution in [-0.2, 0) is 10.0 Å². The van der Waals surface area contributed by atoms with Crippen LogP contribution in [0.4, 0.5) is 5.69 Å². The van der Waals surface area contributed by atoms with Gasteiger partial charge in [0.25, 0.3) is 10.0 Å². The summed E-state index contributed by atoms with van der Waals surface area (Å²) in [5.41, 5.74) is 5.84. The Morgan fingerprint density at radius 1 is 1.05 bits per heavy atom. The Hall–Kier alpha value is -2.34. The molecule has 2 aromatic carbocycles. The molecule has 6 heteroatoms. The monoisotopic (exact) mass is 290 g/mol. The minimum atomic E-state index is -3.65. The first-order valence-electron chi connectivity index (χ1n) is 5.87. The van der Waals surface area contributed by atoms with Crippen LogP contribution >= 0.6 is 0 Å². The predicted molar refractivity (Wildman–Crippen MR) is 77.0 cm³/mol. The standard InChI is InChI=1S/C14H14N2O3S/c1-16(12-7-5-6-11(10-12)14(15)17)20(18,19)13-8-3-2-4-9-13/h2-10H,1H3,(H2,15,17). The third-order valence-corrected chi connectivity index (χ3v) is 4.70. The number of sulfonamides is 1. The quantitative estimate of drug-likeness (QED) is 0.929. The third kappa shape index (κ3) is 2.65. The highest BCUT2D eigenvalue weighted by Crippen LogP contribution is 2.22. The van der Waals surface area contributed by atoms with E-state index in [1.165, 1.54) is 31.3 Å². The van der Waals surface area contributed by atoms with E-state index in [4.69, 9.17) is 5.73 Å². The summed E-state index contributed by atoms with van der Waals surface area (Å²) in [6, 6.07) is 14.3. The molecule has 0 aliphatic rings. The minimum Gasteiger partial charge on any atom is -0.366 e. The minimum absolute atomic E-state index is 0.187. The summed E-state index contributed by atoms with van der Waals surface area (Å²) in [6.07, 6.45) is 0. The fourth-order valence-electron chi connectivity index (χ4n) is 1.74. The van der Waals surface area contributed by atoms with Crippen molar-refractivity contribution in [3.8, 4) is 0 Å². The lowest BCUT2D eigenvalue weighted by molar-refractivity contribution is 0.100. The summed E-state index contributed by atoms with van der Waals surface area (Å²) in [4.78, 5) is 11.3. The van der Waals surface area contributed by atoms with E-state index in [0.717, 1.165) is 4.31 Å². The molecule has 0 aliphatic carbocycles. The van der Waals surface area contributed by atoms with Gasteiger partial charge >= 0.3 is 0 Å². The van der Waals surface area contributed by atoms with Crippen LogP contribution in [0.5, 0.6) is 0 Å². The molecule has 0 radical (unpaired) electrons. The zero-order chi connectivity index (χ0) is 14.8. The number of hydrogen-bond donors (Lipinski definition) is 1. The molecule has 0 heterocycles. The molecular weight excluding hydrogens is 276 g/mol. The molecule has 0 aliphatic heterocycles. The molecule has 104 valence electrons. The van der Waals surface area contributed by atoms with Crippen molar-refractivity contribution < 1.29 is 13.2 Å². The lowest BCUT2D eigenvalue weighted by atomic mass is 10.2. The highest BCUT2D eigenvalue weighted by molar-refractivity contribution is 7.92. The second kappa shape index (κ2) is 5.34. The largest absolute Gasteiger partial charge is 0.366 e. The highest BCUT2D eigenvalue weighted by atomic mass is 32.2. The fourth-order valence-corrected chi connectivity index (χ4v) is 2.95. The third-order valence-electron chi connectivity index (χ3n) is 2.90. The van der Waals surface area contributed by atoms with Gasteiger partial charge in [0.05, 0.1) is 10.6 Å². The average molecular weight is 290 g/mol. The summed E-state index contributed by atoms with van der Waals surface area (Å²) >= 11 is 0. The van der Waals surface area contributed by atoms with Gasteiger partial charge in [-0.2, -0.15) is 0 Å². The zero-order valence-electron chi connectivity index (χ0n) is 10.9. The maximum absolute atomic E-state index is 12.4. The lowest BCUT2D eigenvalue weighted by Gasteiger charge is -2.19. The van der Waals surface area contributed by atoms with E-state index >= 15 is 0 Å². The van der Waals surface area contributed by atoms with Gasteiger partial charge in [0.1, 0.15) is 0 Å². The first-order chi connectivity index (χ1) is 9.43. The van der Waals surface area contributed by atoms with Gasteiger partial charge in [-0.15, -0.1) is 0 Å². The van der Waals surface area contributed by atoms with Crippen molar-refractivity contribution in [2.24, 2.45) is 5.73 Å². The van der Waals surface area contributed by atoms with E-state index in [-0.39, 0.29) is 10.5 Å². The number of rotatable bonds is 4. The number of nitrogens with zero attached hydrogens (tertiary/aromatic N) is 1. The molecule has 2 rings (SSSR count). The second-order valence-corrected chi connectivity index (χ2v) is 6.17. The van der Waals surface area contributed by atoms with Crippen molar-refractivity contribution in [2.45, 2.75) is 4.90 Å². The van der Waals surface area contributed by atoms with E-state index in [1.54, 1.807) is 30.3 Å². The van der Waals surface area contributed by atoms with E-state index < -0.39 is 15.9 Å². The number of carbonyl (C=O) groups is 1. The van der Waals surface area contributed by atoms with Gasteiger partial charge in [-0.05, 0) is 30.3 Å². The van der Waals surface area contributed by atoms with Gasteiger partial charge in [-0.3, -0.25) is 9.10 Å². The van der Waals surface area contributed by atoms with E-state index in [1.807, 2.05) is 0 Å². The van der Waals surface area contributed by atoms with E-state index in [9.17, 15) is 13.2 Å². The summed E-state index contributed by atoms with van der Waals surface area (Å²) in [5, 5.41) is 0. The van der Waals surface area contributed by atoms with Crippen molar-refractivity contribution in [2.75, 3.05) is 11.4 Å². The second-order valence-electron chi connectivity index (χ2n) is 4.20. The molecule has 5 nitrogen and oxygen atoms in total. The molecule has 0 saturated heterocycles. The van der Waals surface area contributed by atoms with Crippen molar-refractivity contribution >= 4 is 21.6 Å². The average Bonchev–Trinajstić information content (AvgIpc) is 2.47. The molecule has 0 unspecified atom stereocenters. The molecule has 0 fully saturated rings. The van der Waals surface area contributed by atoms with E-state index in [2.05, 4.69) is 0 Å². The fraction of sp³-hybridized carbons (Fsp3) is 0.0714. The molecule has 0 bridgehead atoms. The van der Waals surface area contributed by atoms with Gasteiger partial charge in [0.2, 0.25) is 5.91 Å². The van der Waals surface area contributed by atoms with Crippen LogP contribution in [0, 0.1) is 0 Å². The first-order valence-corrected chi connectivity index (χ1v) is 7.31. The van der Waals surface area contributed by atoms with Crippen LogP contribution in [0.1, 0.15) is 10.4 Å². The Kier molecular flexibility index (Phi) is 3.76. The number of hydrogen-bond acceptors (Lipinski definition) is 3. The molecule has 2 aromatic rings. The molecule has 20 heavy (non-hydrogen) atoms. The van der Waals surface area contributed by atoms with Gasteiger partial charge in [-0.1, -0.05) is 24.3 Å². The molecule has 2 N–H and O–H groups in total. The number of amides is 1. The molecule has 1 amide bonds. The smallest absolute Gasteiger partial charge is 0.264 e. The van der Waals surface area contributed by atoms with E-state index in [0.29, 0.717) is 5.69 Å². The summed E-state index contributed by atoms with van der Waals surface area (Å²) in [6.45, 7) is 0. The number of anilines is 1. The summed E-state index contributed by atoms with van der Waals surface area (Å²) < 4.78 is 26.0. The Labute approximate surface area is 117 Å². The Morgan fingerprint density at radius 3 is 2.30 bits per heavy atom. The highest BCUT2D eigenvalue weighted by Gasteiger charge is 2.21. The number of nitrogens with two attached hydrogens (primary N) is 1. The topological polar surface area (TPSA) is 80.5 Å². The van der Waals surface area contributed by atoms with Crippen LogP contribution < -0.4 is 10.0 Å². The van der Waals surface area contributed by atoms with Gasteiger partial charge in [0.15, 0.2) is 0 Å². The van der Waals surface area contributed by atoms with Crippen LogP contribution in [0.3, 0.4) is 0 Å². The van der Waals surface area contributed by atoms with Gasteiger partial charge in [0, 0.05) is 12.6 Å². The van der Waals surface area contributed by atoms with Crippen LogP contribution in [0.15, 0.2) is 59.5 Å². The number of carbonyl (C=O) groups excluding carboxylic acids is 1. The van der Waals surface area contributed by atoms with Gasteiger partial charge < -0.3 is 5.73 Å². The normalized spacial score (nSPS) is 11.1. The number of primary amides is 1. The molecule has 0 aromatic heterocycles. The Balaban J connectivity index is 2.43. The summed E-state index contributed by atoms with van der Waals surface area (Å²) in [7, 11) is -2.22. The van der Waals surface area contributed by atoms with Crippen molar-refractivity contribution in [3.05, 3.63) is 60.2 Å². The van der Waals surface area contributed by atoms with Crippen LogP contribution in [-0.4, -0.2) is 21.4 Å². The lowest BCUT2D eigenvalue weighted by Crippen LogP contribution is -2.26. The van der Waals surface area contributed by atoms with Gasteiger partial charge in [-0.25, -0.2) is 8.42 Å². The van der Waals surface area contributed by atoms with Crippen molar-refractivity contribution in [3.63, 3.8) is 0 Å². The summed E-state index contributed by atoms with van der Waals surface area (Å²) in [5.74, 6) is -0.600. The molecule has 0 saturated carbocycles. The first kappa shape index (κ1) is 14.1. The van der Waals surface area contributed by atoms with Crippen molar-refractivity contribution in [1.82, 2.24) is 0 Å². The van der Waals surface area contributed by atoms with Crippen LogP contribution in [0.25, 0.3) is 0 Å². The molecular formula is C14H14N2O3S. The predicted octanol–water partition coefficient (Wildman–Crippen LogP) is 1.61. The SMILES string of the molecule is CN(c1cccc(C(N)=O)c1)S(=O)(=O)c1ccccc1. The maximum Gasteiger partial charge on any atom is 0.264 e. The van der Waals surface area contributed by atoms with Crippen LogP contribution in [0.2, 0.25) is 0 Å². The molecule has 0 atom stereocenters. The zero-order valence-corrected chi connectivity index (χ0v) is 11.7. The Bertz CT molecular complexity index is 727.